The first-order valence-corrected chi connectivity index (χ1v) is 9.54. The Hall–Kier alpha value is -1.94. The van der Waals surface area contributed by atoms with Gasteiger partial charge in [0.25, 0.3) is 0 Å². The molecule has 0 N–H and O–H groups in total. The molecule has 2 fully saturated rings. The van der Waals surface area contributed by atoms with Crippen molar-refractivity contribution < 1.29 is 0 Å². The Balaban J connectivity index is 1.36. The van der Waals surface area contributed by atoms with Crippen LogP contribution in [0.2, 0.25) is 0 Å². The van der Waals surface area contributed by atoms with Gasteiger partial charge in [0.2, 0.25) is 0 Å². The summed E-state index contributed by atoms with van der Waals surface area (Å²) < 4.78 is 0. The van der Waals surface area contributed by atoms with E-state index in [2.05, 4.69) is 62.5 Å². The van der Waals surface area contributed by atoms with Crippen molar-refractivity contribution in [2.45, 2.75) is 32.6 Å². The van der Waals surface area contributed by atoms with Crippen molar-refractivity contribution in [3.8, 4) is 0 Å². The average molecular weight is 336 g/mol. The van der Waals surface area contributed by atoms with E-state index < -0.39 is 0 Å². The van der Waals surface area contributed by atoms with E-state index in [4.69, 9.17) is 0 Å². The predicted molar refractivity (Wildman–Crippen MR) is 102 cm³/mol. The number of hydrogen-bond donors (Lipinski definition) is 0. The molecule has 2 aliphatic rings. The summed E-state index contributed by atoms with van der Waals surface area (Å²) in [5, 5.41) is 8.63. The molecule has 4 nitrogen and oxygen atoms in total. The van der Waals surface area contributed by atoms with Gasteiger partial charge in [-0.1, -0.05) is 30.3 Å². The van der Waals surface area contributed by atoms with E-state index in [0.29, 0.717) is 5.41 Å². The molecule has 4 heteroatoms. The average Bonchev–Trinajstić information content (AvgIpc) is 3.05. The zero-order valence-electron chi connectivity index (χ0n) is 15.2. The molecule has 1 atom stereocenters. The summed E-state index contributed by atoms with van der Waals surface area (Å²) in [6, 6.07) is 15.1. The first kappa shape index (κ1) is 16.5. The van der Waals surface area contributed by atoms with Gasteiger partial charge in [0, 0.05) is 31.6 Å². The quantitative estimate of drug-likeness (QED) is 0.857. The number of hydrogen-bond acceptors (Lipinski definition) is 4. The van der Waals surface area contributed by atoms with Crippen LogP contribution in [0, 0.1) is 12.3 Å². The van der Waals surface area contributed by atoms with E-state index >= 15 is 0 Å². The summed E-state index contributed by atoms with van der Waals surface area (Å²) in [5.74, 6) is 1.05. The molecule has 4 rings (SSSR count). The van der Waals surface area contributed by atoms with Crippen LogP contribution in [-0.4, -0.2) is 47.8 Å². The number of benzene rings is 1. The van der Waals surface area contributed by atoms with Crippen LogP contribution in [-0.2, 0) is 6.42 Å². The smallest absolute Gasteiger partial charge is 0.151 e. The molecule has 0 aliphatic carbocycles. The van der Waals surface area contributed by atoms with Crippen molar-refractivity contribution in [1.82, 2.24) is 15.1 Å². The van der Waals surface area contributed by atoms with Crippen LogP contribution in [0.25, 0.3) is 0 Å². The molecule has 1 aromatic heterocycles. The highest BCUT2D eigenvalue weighted by Gasteiger charge is 2.41. The third-order valence-corrected chi connectivity index (χ3v) is 5.85. The van der Waals surface area contributed by atoms with E-state index in [9.17, 15) is 0 Å². The molecule has 1 aromatic carbocycles. The zero-order chi connectivity index (χ0) is 17.1. The Kier molecular flexibility index (Phi) is 4.71. The molecule has 1 spiro atoms. The molecule has 2 saturated heterocycles. The largest absolute Gasteiger partial charge is 0.355 e. The highest BCUT2D eigenvalue weighted by Crippen LogP contribution is 2.40. The molecular weight excluding hydrogens is 308 g/mol. The maximum absolute atomic E-state index is 4.40. The van der Waals surface area contributed by atoms with Gasteiger partial charge in [-0.05, 0) is 56.8 Å². The summed E-state index contributed by atoms with van der Waals surface area (Å²) in [7, 11) is 0. The number of anilines is 1. The third kappa shape index (κ3) is 3.84. The van der Waals surface area contributed by atoms with Crippen LogP contribution in [0.5, 0.6) is 0 Å². The van der Waals surface area contributed by atoms with Crippen LogP contribution in [0.4, 0.5) is 5.82 Å². The van der Waals surface area contributed by atoms with Gasteiger partial charge in [0.1, 0.15) is 0 Å². The molecule has 0 saturated carbocycles. The highest BCUT2D eigenvalue weighted by atomic mass is 15.3. The Morgan fingerprint density at radius 2 is 1.84 bits per heavy atom. The van der Waals surface area contributed by atoms with E-state index in [1.165, 1.54) is 44.5 Å². The van der Waals surface area contributed by atoms with E-state index in [0.717, 1.165) is 31.0 Å². The van der Waals surface area contributed by atoms with Crippen molar-refractivity contribution >= 4 is 5.82 Å². The first-order chi connectivity index (χ1) is 12.2. The van der Waals surface area contributed by atoms with Crippen LogP contribution in [0.3, 0.4) is 0 Å². The lowest BCUT2D eigenvalue weighted by atomic mass is 9.79. The van der Waals surface area contributed by atoms with Gasteiger partial charge in [-0.15, -0.1) is 5.10 Å². The summed E-state index contributed by atoms with van der Waals surface area (Å²) in [6.07, 6.45) is 5.11. The molecule has 0 radical (unpaired) electrons. The molecule has 25 heavy (non-hydrogen) atoms. The lowest BCUT2D eigenvalue weighted by molar-refractivity contribution is 0.106. The van der Waals surface area contributed by atoms with Gasteiger partial charge >= 0.3 is 0 Å². The van der Waals surface area contributed by atoms with Crippen molar-refractivity contribution in [1.29, 1.82) is 0 Å². The Morgan fingerprint density at radius 3 is 2.64 bits per heavy atom. The normalized spacial score (nSPS) is 24.1. The maximum atomic E-state index is 4.40. The maximum Gasteiger partial charge on any atom is 0.151 e. The fraction of sp³-hybridized carbons (Fsp3) is 0.524. The third-order valence-electron chi connectivity index (χ3n) is 5.85. The Labute approximate surface area is 150 Å². The Bertz CT molecular complexity index is 685. The molecule has 2 aromatic rings. The monoisotopic (exact) mass is 336 g/mol. The molecule has 132 valence electrons. The van der Waals surface area contributed by atoms with Crippen molar-refractivity contribution in [2.75, 3.05) is 37.6 Å². The minimum atomic E-state index is 0.446. The van der Waals surface area contributed by atoms with E-state index in [1.807, 2.05) is 6.92 Å². The van der Waals surface area contributed by atoms with Crippen LogP contribution in [0.1, 0.15) is 30.5 Å². The molecule has 0 unspecified atom stereocenters. The number of likely N-dealkylation sites (tertiary alicyclic amines) is 1. The molecule has 0 amide bonds. The van der Waals surface area contributed by atoms with Gasteiger partial charge in [-0.25, -0.2) is 0 Å². The van der Waals surface area contributed by atoms with Gasteiger partial charge in [-0.2, -0.15) is 5.10 Å². The van der Waals surface area contributed by atoms with Gasteiger partial charge in [-0.3, -0.25) is 0 Å². The zero-order valence-corrected chi connectivity index (χ0v) is 15.2. The van der Waals surface area contributed by atoms with Crippen LogP contribution < -0.4 is 4.90 Å². The lowest BCUT2D eigenvalue weighted by Crippen LogP contribution is -2.45. The molecule has 2 aliphatic heterocycles. The fourth-order valence-electron chi connectivity index (χ4n) is 4.46. The minimum Gasteiger partial charge on any atom is -0.355 e. The standard InChI is InChI=1S/C21H28N4/c1-18-8-9-20(23-22-18)25-15-12-21(17-25)11-5-13-24(16-21)14-10-19-6-3-2-4-7-19/h2-4,6-9H,5,10-17H2,1H3/t21-/m1/s1. The topological polar surface area (TPSA) is 32.3 Å². The summed E-state index contributed by atoms with van der Waals surface area (Å²) in [5.41, 5.74) is 2.88. The molecule has 3 heterocycles. The highest BCUT2D eigenvalue weighted by molar-refractivity contribution is 5.39. The predicted octanol–water partition coefficient (Wildman–Crippen LogP) is 3.32. The van der Waals surface area contributed by atoms with E-state index in [-0.39, 0.29) is 0 Å². The number of piperidine rings is 1. The fourth-order valence-corrected chi connectivity index (χ4v) is 4.46. The minimum absolute atomic E-state index is 0.446. The number of aromatic nitrogens is 2. The molecule has 0 bridgehead atoms. The SMILES string of the molecule is Cc1ccc(N2CC[C@@]3(CCCN(CCc4ccccc4)C3)C2)nn1. The second kappa shape index (κ2) is 7.12. The van der Waals surface area contributed by atoms with Crippen molar-refractivity contribution in [3.05, 3.63) is 53.7 Å². The Morgan fingerprint density at radius 1 is 0.960 bits per heavy atom. The number of nitrogens with zero attached hydrogens (tertiary/aromatic N) is 4. The summed E-state index contributed by atoms with van der Waals surface area (Å²) in [4.78, 5) is 5.12. The lowest BCUT2D eigenvalue weighted by Gasteiger charge is -2.40. The summed E-state index contributed by atoms with van der Waals surface area (Å²) in [6.45, 7) is 7.90. The van der Waals surface area contributed by atoms with Crippen molar-refractivity contribution in [2.24, 2.45) is 5.41 Å². The second-order valence-electron chi connectivity index (χ2n) is 7.82. The van der Waals surface area contributed by atoms with Gasteiger partial charge in [0.15, 0.2) is 5.82 Å². The van der Waals surface area contributed by atoms with Gasteiger partial charge < -0.3 is 9.80 Å². The van der Waals surface area contributed by atoms with E-state index in [1.54, 1.807) is 0 Å². The number of aryl methyl sites for hydroxylation is 1. The van der Waals surface area contributed by atoms with Gasteiger partial charge in [0.05, 0.1) is 5.69 Å². The van der Waals surface area contributed by atoms with Crippen LogP contribution in [0.15, 0.2) is 42.5 Å². The second-order valence-corrected chi connectivity index (χ2v) is 7.82. The van der Waals surface area contributed by atoms with Crippen molar-refractivity contribution in [3.63, 3.8) is 0 Å². The molecular formula is C21H28N4. The number of rotatable bonds is 4. The first-order valence-electron chi connectivity index (χ1n) is 9.54. The van der Waals surface area contributed by atoms with Crippen LogP contribution >= 0.6 is 0 Å². The summed E-state index contributed by atoms with van der Waals surface area (Å²) >= 11 is 0.